The Morgan fingerprint density at radius 2 is 1.89 bits per heavy atom. The molecule has 0 fully saturated rings. The molecule has 134 valence electrons. The largest absolute Gasteiger partial charge is 0.494 e. The number of ether oxygens (including phenoxy) is 2. The van der Waals surface area contributed by atoms with E-state index in [9.17, 15) is 4.79 Å². The highest BCUT2D eigenvalue weighted by Gasteiger charge is 2.24. The molecule has 0 spiro atoms. The fourth-order valence-electron chi connectivity index (χ4n) is 2.56. The fourth-order valence-corrected chi connectivity index (χ4v) is 2.56. The number of para-hydroxylation sites is 1. The van der Waals surface area contributed by atoms with Gasteiger partial charge in [0.25, 0.3) is 0 Å². The number of carbonyl (C=O) groups excluding carboxylic acids is 1. The van der Waals surface area contributed by atoms with Gasteiger partial charge < -0.3 is 9.47 Å². The van der Waals surface area contributed by atoms with Gasteiger partial charge in [-0.2, -0.15) is 9.90 Å². The van der Waals surface area contributed by atoms with Gasteiger partial charge in [0.15, 0.2) is 5.70 Å². The van der Waals surface area contributed by atoms with Crippen molar-refractivity contribution in [2.24, 2.45) is 4.99 Å². The van der Waals surface area contributed by atoms with E-state index in [1.807, 2.05) is 49.4 Å². The zero-order valence-electron chi connectivity index (χ0n) is 14.6. The molecule has 7 nitrogen and oxygen atoms in total. The van der Waals surface area contributed by atoms with E-state index in [1.165, 1.54) is 4.80 Å². The molecule has 0 unspecified atom stereocenters. The summed E-state index contributed by atoms with van der Waals surface area (Å²) < 4.78 is 10.7. The molecule has 2 heterocycles. The minimum absolute atomic E-state index is 0.180. The van der Waals surface area contributed by atoms with Crippen LogP contribution < -0.4 is 4.74 Å². The molecule has 0 saturated carbocycles. The standard InChI is InChI=1S/C20H16N4O3/c1-2-26-17-10-8-14(9-11-17)19-22-18(20(25)27-19)12-15-13-21-24(23-15)16-6-4-3-5-7-16/h3-13H,2H2,1H3/b18-12-. The molecule has 0 atom stereocenters. The summed E-state index contributed by atoms with van der Waals surface area (Å²) in [5, 5.41) is 8.55. The number of benzene rings is 2. The van der Waals surface area contributed by atoms with Crippen molar-refractivity contribution in [2.45, 2.75) is 6.92 Å². The molecule has 0 saturated heterocycles. The zero-order chi connectivity index (χ0) is 18.6. The molecule has 0 bridgehead atoms. The Kier molecular flexibility index (Phi) is 4.49. The predicted molar refractivity (Wildman–Crippen MR) is 99.6 cm³/mol. The van der Waals surface area contributed by atoms with Crippen molar-refractivity contribution in [3.05, 3.63) is 77.7 Å². The van der Waals surface area contributed by atoms with E-state index in [2.05, 4.69) is 15.2 Å². The second-order valence-electron chi connectivity index (χ2n) is 5.69. The number of cyclic esters (lactones) is 1. The van der Waals surface area contributed by atoms with Crippen LogP contribution in [0.1, 0.15) is 18.2 Å². The normalized spacial score (nSPS) is 14.9. The van der Waals surface area contributed by atoms with Crippen molar-refractivity contribution >= 4 is 17.9 Å². The van der Waals surface area contributed by atoms with Gasteiger partial charge in [-0.15, -0.1) is 5.10 Å². The third-order valence-electron chi connectivity index (χ3n) is 3.81. The average molecular weight is 360 g/mol. The second-order valence-corrected chi connectivity index (χ2v) is 5.69. The van der Waals surface area contributed by atoms with Crippen molar-refractivity contribution in [3.63, 3.8) is 0 Å². The summed E-state index contributed by atoms with van der Waals surface area (Å²) in [7, 11) is 0. The molecule has 3 aromatic rings. The molecule has 1 aliphatic heterocycles. The lowest BCUT2D eigenvalue weighted by Gasteiger charge is -2.03. The highest BCUT2D eigenvalue weighted by atomic mass is 16.6. The molecule has 7 heteroatoms. The van der Waals surface area contributed by atoms with E-state index in [-0.39, 0.29) is 11.6 Å². The van der Waals surface area contributed by atoms with E-state index in [1.54, 1.807) is 24.4 Å². The Morgan fingerprint density at radius 3 is 2.63 bits per heavy atom. The number of hydrogen-bond donors (Lipinski definition) is 0. The van der Waals surface area contributed by atoms with Crippen LogP contribution in [0.25, 0.3) is 11.8 Å². The van der Waals surface area contributed by atoms with E-state index in [4.69, 9.17) is 9.47 Å². The summed E-state index contributed by atoms with van der Waals surface area (Å²) in [6.07, 6.45) is 3.12. The Bertz CT molecular complexity index is 1020. The molecule has 1 aliphatic rings. The van der Waals surface area contributed by atoms with E-state index < -0.39 is 5.97 Å². The Hall–Kier alpha value is -3.74. The van der Waals surface area contributed by atoms with Crippen LogP contribution in [0, 0.1) is 0 Å². The molecule has 2 aromatic carbocycles. The maximum Gasteiger partial charge on any atom is 0.363 e. The molecule has 0 N–H and O–H groups in total. The lowest BCUT2D eigenvalue weighted by Crippen LogP contribution is -2.05. The van der Waals surface area contributed by atoms with E-state index in [0.29, 0.717) is 17.9 Å². The van der Waals surface area contributed by atoms with Gasteiger partial charge in [-0.05, 0) is 43.3 Å². The summed E-state index contributed by atoms with van der Waals surface area (Å²) in [6, 6.07) is 16.7. The van der Waals surface area contributed by atoms with Gasteiger partial charge in [0.2, 0.25) is 5.90 Å². The van der Waals surface area contributed by atoms with Crippen LogP contribution in [0.2, 0.25) is 0 Å². The summed E-state index contributed by atoms with van der Waals surface area (Å²) in [6.45, 7) is 2.51. The maximum atomic E-state index is 12.1. The van der Waals surface area contributed by atoms with Crippen LogP contribution in [-0.4, -0.2) is 33.5 Å². The molecular formula is C20H16N4O3. The number of aromatic nitrogens is 3. The zero-order valence-corrected chi connectivity index (χ0v) is 14.6. The summed E-state index contributed by atoms with van der Waals surface area (Å²) in [5.41, 5.74) is 2.22. The number of aliphatic imine (C=N–C) groups is 1. The third kappa shape index (κ3) is 3.62. The van der Waals surface area contributed by atoms with Gasteiger partial charge in [-0.1, -0.05) is 18.2 Å². The van der Waals surface area contributed by atoms with Gasteiger partial charge in [-0.25, -0.2) is 9.79 Å². The minimum atomic E-state index is -0.520. The van der Waals surface area contributed by atoms with Crippen molar-refractivity contribution in [1.29, 1.82) is 0 Å². The number of hydrogen-bond acceptors (Lipinski definition) is 6. The number of esters is 1. The Morgan fingerprint density at radius 1 is 1.11 bits per heavy atom. The van der Waals surface area contributed by atoms with Crippen LogP contribution in [0.5, 0.6) is 5.75 Å². The van der Waals surface area contributed by atoms with Gasteiger partial charge in [0.05, 0.1) is 18.5 Å². The predicted octanol–water partition coefficient (Wildman–Crippen LogP) is 3.01. The van der Waals surface area contributed by atoms with Crippen LogP contribution >= 0.6 is 0 Å². The van der Waals surface area contributed by atoms with Gasteiger partial charge in [-0.3, -0.25) is 0 Å². The number of rotatable bonds is 5. The van der Waals surface area contributed by atoms with Gasteiger partial charge >= 0.3 is 5.97 Å². The van der Waals surface area contributed by atoms with Crippen molar-refractivity contribution in [3.8, 4) is 11.4 Å². The van der Waals surface area contributed by atoms with Gasteiger partial charge in [0, 0.05) is 11.6 Å². The first kappa shape index (κ1) is 16.7. The first-order valence-corrected chi connectivity index (χ1v) is 8.46. The smallest absolute Gasteiger partial charge is 0.363 e. The lowest BCUT2D eigenvalue weighted by atomic mass is 10.2. The third-order valence-corrected chi connectivity index (χ3v) is 3.81. The molecule has 27 heavy (non-hydrogen) atoms. The topological polar surface area (TPSA) is 78.6 Å². The van der Waals surface area contributed by atoms with Crippen molar-refractivity contribution in [1.82, 2.24) is 15.0 Å². The first-order chi connectivity index (χ1) is 13.2. The van der Waals surface area contributed by atoms with E-state index >= 15 is 0 Å². The fraction of sp³-hybridized carbons (Fsp3) is 0.100. The summed E-state index contributed by atoms with van der Waals surface area (Å²) in [5.74, 6) is 0.484. The lowest BCUT2D eigenvalue weighted by molar-refractivity contribution is -0.129. The summed E-state index contributed by atoms with van der Waals surface area (Å²) >= 11 is 0. The number of carbonyl (C=O) groups is 1. The molecule has 4 rings (SSSR count). The van der Waals surface area contributed by atoms with Crippen LogP contribution in [0.3, 0.4) is 0 Å². The van der Waals surface area contributed by atoms with Crippen molar-refractivity contribution < 1.29 is 14.3 Å². The quantitative estimate of drug-likeness (QED) is 0.516. The van der Waals surface area contributed by atoms with Crippen molar-refractivity contribution in [2.75, 3.05) is 6.61 Å². The molecule has 0 radical (unpaired) electrons. The molecule has 1 aromatic heterocycles. The highest BCUT2D eigenvalue weighted by molar-refractivity contribution is 6.12. The van der Waals surface area contributed by atoms with Crippen LogP contribution in [-0.2, 0) is 9.53 Å². The Labute approximate surface area is 155 Å². The maximum absolute atomic E-state index is 12.1. The summed E-state index contributed by atoms with van der Waals surface area (Å²) in [4.78, 5) is 17.9. The minimum Gasteiger partial charge on any atom is -0.494 e. The van der Waals surface area contributed by atoms with Crippen LogP contribution in [0.4, 0.5) is 0 Å². The first-order valence-electron chi connectivity index (χ1n) is 8.46. The molecule has 0 aliphatic carbocycles. The Balaban J connectivity index is 1.57. The van der Waals surface area contributed by atoms with Crippen LogP contribution in [0.15, 0.2) is 71.5 Å². The molecular weight excluding hydrogens is 344 g/mol. The number of nitrogens with zero attached hydrogens (tertiary/aromatic N) is 4. The highest BCUT2D eigenvalue weighted by Crippen LogP contribution is 2.20. The average Bonchev–Trinajstić information content (AvgIpc) is 3.31. The van der Waals surface area contributed by atoms with Gasteiger partial charge in [0.1, 0.15) is 11.4 Å². The van der Waals surface area contributed by atoms with E-state index in [0.717, 1.165) is 11.4 Å². The SMILES string of the molecule is CCOc1ccc(C2=N/C(=C\c3cnn(-c4ccccc4)n3)C(=O)O2)cc1. The second kappa shape index (κ2) is 7.25. The monoisotopic (exact) mass is 360 g/mol. The molecule has 0 amide bonds.